The Morgan fingerprint density at radius 3 is 2.75 bits per heavy atom. The second-order valence-corrected chi connectivity index (χ2v) is 2.20. The fourth-order valence-electron chi connectivity index (χ4n) is 0.843. The first-order valence-electron chi connectivity index (χ1n) is 3.02. The lowest BCUT2D eigenvalue weighted by Gasteiger charge is -2.18. The summed E-state index contributed by atoms with van der Waals surface area (Å²) in [5.41, 5.74) is 0. The maximum absolute atomic E-state index is 5.34. The monoisotopic (exact) mass is 111 g/mol. The summed E-state index contributed by atoms with van der Waals surface area (Å²) in [5, 5.41) is 0. The molecular weight excluding hydrogens is 100 g/mol. The van der Waals surface area contributed by atoms with Gasteiger partial charge in [0.15, 0.2) is 0 Å². The second-order valence-electron chi connectivity index (χ2n) is 2.20. The van der Waals surface area contributed by atoms with Crippen LogP contribution in [0.5, 0.6) is 0 Å². The van der Waals surface area contributed by atoms with Crippen molar-refractivity contribution in [3.8, 4) is 0 Å². The molecule has 2 atom stereocenters. The second kappa shape index (κ2) is 2.31. The molecule has 1 aliphatic heterocycles. The maximum atomic E-state index is 5.34. The molecule has 0 amide bonds. The molecule has 1 heterocycles. The lowest BCUT2D eigenvalue weighted by atomic mass is 10.2. The summed E-state index contributed by atoms with van der Waals surface area (Å²) < 4.78 is 5.34. The Morgan fingerprint density at radius 2 is 2.38 bits per heavy atom. The third kappa shape index (κ3) is 1.34. The molecule has 0 saturated carbocycles. The topological polar surface area (TPSA) is 9.23 Å². The molecule has 0 aromatic carbocycles. The Morgan fingerprint density at radius 1 is 1.62 bits per heavy atom. The molecule has 1 heteroatoms. The molecule has 8 heavy (non-hydrogen) atoms. The van der Waals surface area contributed by atoms with Gasteiger partial charge in [-0.05, 0) is 26.3 Å². The Kier molecular flexibility index (Phi) is 1.69. The first kappa shape index (κ1) is 5.83. The van der Waals surface area contributed by atoms with Crippen molar-refractivity contribution in [3.63, 3.8) is 0 Å². The molecule has 0 aromatic rings. The van der Waals surface area contributed by atoms with Crippen LogP contribution < -0.4 is 0 Å². The third-order valence-corrected chi connectivity index (χ3v) is 1.24. The lowest BCUT2D eigenvalue weighted by Crippen LogP contribution is -2.18. The zero-order valence-corrected chi connectivity index (χ0v) is 5.35. The molecule has 45 valence electrons. The largest absolute Gasteiger partial charge is 0.371 e. The predicted octanol–water partition coefficient (Wildman–Crippen LogP) is 1.54. The Bertz CT molecular complexity index is 96.6. The van der Waals surface area contributed by atoms with Crippen LogP contribution in [-0.4, -0.2) is 12.2 Å². The van der Waals surface area contributed by atoms with Crippen molar-refractivity contribution in [1.29, 1.82) is 0 Å². The van der Waals surface area contributed by atoms with E-state index in [9.17, 15) is 0 Å². The SMILES string of the molecule is CC1[C]=CCC(C)O1. The molecule has 0 fully saturated rings. The number of hydrogen-bond acceptors (Lipinski definition) is 1. The van der Waals surface area contributed by atoms with E-state index in [2.05, 4.69) is 19.1 Å². The first-order valence-corrected chi connectivity index (χ1v) is 3.02. The highest BCUT2D eigenvalue weighted by molar-refractivity contribution is 4.85. The van der Waals surface area contributed by atoms with Gasteiger partial charge in [0, 0.05) is 0 Å². The van der Waals surface area contributed by atoms with Gasteiger partial charge in [0.25, 0.3) is 0 Å². The highest BCUT2D eigenvalue weighted by Gasteiger charge is 2.08. The van der Waals surface area contributed by atoms with Crippen molar-refractivity contribution in [2.75, 3.05) is 0 Å². The minimum Gasteiger partial charge on any atom is -0.371 e. The molecule has 1 radical (unpaired) electrons. The molecule has 1 rings (SSSR count). The van der Waals surface area contributed by atoms with Gasteiger partial charge in [0.2, 0.25) is 0 Å². The third-order valence-electron chi connectivity index (χ3n) is 1.24. The molecule has 0 spiro atoms. The Hall–Kier alpha value is -0.300. The van der Waals surface area contributed by atoms with E-state index >= 15 is 0 Å². The van der Waals surface area contributed by atoms with Gasteiger partial charge in [-0.15, -0.1) is 0 Å². The van der Waals surface area contributed by atoms with E-state index in [0.717, 1.165) is 6.42 Å². The van der Waals surface area contributed by atoms with Crippen molar-refractivity contribution in [2.45, 2.75) is 32.5 Å². The van der Waals surface area contributed by atoms with Crippen LogP contribution in [0.2, 0.25) is 0 Å². The first-order chi connectivity index (χ1) is 3.79. The van der Waals surface area contributed by atoms with Crippen molar-refractivity contribution in [3.05, 3.63) is 12.2 Å². The molecule has 1 aliphatic rings. The van der Waals surface area contributed by atoms with E-state index in [0.29, 0.717) is 6.10 Å². The summed E-state index contributed by atoms with van der Waals surface area (Å²) in [6, 6.07) is 0. The van der Waals surface area contributed by atoms with Crippen LogP contribution in [0.25, 0.3) is 0 Å². The Labute approximate surface area is 50.3 Å². The number of rotatable bonds is 0. The van der Waals surface area contributed by atoms with Crippen LogP contribution in [0, 0.1) is 6.08 Å². The van der Waals surface area contributed by atoms with Crippen molar-refractivity contribution in [1.82, 2.24) is 0 Å². The maximum Gasteiger partial charge on any atom is 0.0801 e. The summed E-state index contributed by atoms with van der Waals surface area (Å²) in [4.78, 5) is 0. The van der Waals surface area contributed by atoms with Gasteiger partial charge in [0.05, 0.1) is 12.2 Å². The van der Waals surface area contributed by atoms with E-state index < -0.39 is 0 Å². The van der Waals surface area contributed by atoms with Crippen molar-refractivity contribution >= 4 is 0 Å². The van der Waals surface area contributed by atoms with E-state index in [4.69, 9.17) is 4.74 Å². The van der Waals surface area contributed by atoms with Crippen molar-refractivity contribution in [2.24, 2.45) is 0 Å². The van der Waals surface area contributed by atoms with Crippen LogP contribution in [-0.2, 0) is 4.74 Å². The van der Waals surface area contributed by atoms with E-state index in [1.54, 1.807) is 0 Å². The molecule has 0 bridgehead atoms. The highest BCUT2D eigenvalue weighted by atomic mass is 16.5. The van der Waals surface area contributed by atoms with Crippen LogP contribution in [0.15, 0.2) is 6.08 Å². The zero-order chi connectivity index (χ0) is 5.98. The number of hydrogen-bond donors (Lipinski definition) is 0. The smallest absolute Gasteiger partial charge is 0.0801 e. The molecule has 0 N–H and O–H groups in total. The molecule has 0 saturated heterocycles. The average Bonchev–Trinajstić information content (AvgIpc) is 1.64. The van der Waals surface area contributed by atoms with Gasteiger partial charge in [-0.3, -0.25) is 0 Å². The summed E-state index contributed by atoms with van der Waals surface area (Å²) >= 11 is 0. The molecule has 0 aliphatic carbocycles. The zero-order valence-electron chi connectivity index (χ0n) is 5.35. The minimum absolute atomic E-state index is 0.207. The van der Waals surface area contributed by atoms with E-state index in [1.807, 2.05) is 6.92 Å². The number of ether oxygens (including phenoxy) is 1. The summed E-state index contributed by atoms with van der Waals surface area (Å²) in [5.74, 6) is 0. The molecular formula is C7H11O. The standard InChI is InChI=1S/C7H11O/c1-6-4-3-5-7(2)8-6/h3,6-7H,4H2,1-2H3. The van der Waals surface area contributed by atoms with Gasteiger partial charge < -0.3 is 4.74 Å². The van der Waals surface area contributed by atoms with Crippen LogP contribution in [0.3, 0.4) is 0 Å². The van der Waals surface area contributed by atoms with Gasteiger partial charge >= 0.3 is 0 Å². The van der Waals surface area contributed by atoms with Gasteiger partial charge in [-0.2, -0.15) is 0 Å². The highest BCUT2D eigenvalue weighted by Crippen LogP contribution is 2.09. The van der Waals surface area contributed by atoms with Crippen LogP contribution in [0.1, 0.15) is 20.3 Å². The van der Waals surface area contributed by atoms with Gasteiger partial charge in [-0.1, -0.05) is 6.08 Å². The fourth-order valence-corrected chi connectivity index (χ4v) is 0.843. The van der Waals surface area contributed by atoms with Crippen LogP contribution >= 0.6 is 0 Å². The molecule has 2 unspecified atom stereocenters. The van der Waals surface area contributed by atoms with Gasteiger partial charge in [-0.25, -0.2) is 0 Å². The summed E-state index contributed by atoms with van der Waals surface area (Å²) in [6.07, 6.45) is 6.74. The van der Waals surface area contributed by atoms with E-state index in [1.165, 1.54) is 0 Å². The van der Waals surface area contributed by atoms with Gasteiger partial charge in [0.1, 0.15) is 0 Å². The van der Waals surface area contributed by atoms with Crippen molar-refractivity contribution < 1.29 is 4.74 Å². The van der Waals surface area contributed by atoms with E-state index in [-0.39, 0.29) is 6.10 Å². The fraction of sp³-hybridized carbons (Fsp3) is 0.714. The minimum atomic E-state index is 0.207. The lowest BCUT2D eigenvalue weighted by molar-refractivity contribution is 0.0229. The molecule has 1 nitrogen and oxygen atoms in total. The normalized spacial score (nSPS) is 37.8. The van der Waals surface area contributed by atoms with Crippen LogP contribution in [0.4, 0.5) is 0 Å². The quantitative estimate of drug-likeness (QED) is 0.460. The summed E-state index contributed by atoms with van der Waals surface area (Å²) in [7, 11) is 0. The molecule has 0 aromatic heterocycles. The average molecular weight is 111 g/mol. The summed E-state index contributed by atoms with van der Waals surface area (Å²) in [6.45, 7) is 4.08. The predicted molar refractivity (Wildman–Crippen MR) is 32.4 cm³/mol. The Balaban J connectivity index is 2.42.